The molecule has 1 aliphatic carbocycles. The molecule has 0 saturated carbocycles. The number of hydrogen-bond acceptors (Lipinski definition) is 5. The fourth-order valence-corrected chi connectivity index (χ4v) is 1.83. The molecule has 106 valence electrons. The van der Waals surface area contributed by atoms with Crippen molar-refractivity contribution in [1.29, 1.82) is 0 Å². The van der Waals surface area contributed by atoms with E-state index in [9.17, 15) is 14.0 Å². The van der Waals surface area contributed by atoms with Crippen LogP contribution in [0.2, 0.25) is 0 Å². The van der Waals surface area contributed by atoms with Gasteiger partial charge in [-0.25, -0.2) is 14.3 Å². The summed E-state index contributed by atoms with van der Waals surface area (Å²) >= 11 is 0. The molecule has 0 bridgehead atoms. The molecule has 0 aliphatic heterocycles. The van der Waals surface area contributed by atoms with Gasteiger partial charge in [-0.1, -0.05) is 12.2 Å². The van der Waals surface area contributed by atoms with Crippen molar-refractivity contribution >= 4 is 11.5 Å². The molecule has 0 fully saturated rings. The second-order valence-electron chi connectivity index (χ2n) is 4.21. The summed E-state index contributed by atoms with van der Waals surface area (Å²) in [6.45, 7) is 0. The van der Waals surface area contributed by atoms with E-state index in [1.807, 2.05) is 0 Å². The maximum absolute atomic E-state index is 14.1. The third-order valence-corrected chi connectivity index (χ3v) is 2.95. The monoisotopic (exact) mass is 280 g/mol. The number of halogens is 1. The molecule has 0 spiro atoms. The molecule has 0 aromatic carbocycles. The van der Waals surface area contributed by atoms with Gasteiger partial charge in [0.15, 0.2) is 0 Å². The molecular weight excluding hydrogens is 267 g/mol. The molecule has 1 N–H and O–H groups in total. The Kier molecular flexibility index (Phi) is 3.80. The van der Waals surface area contributed by atoms with Crippen LogP contribution in [0.1, 0.15) is 22.5 Å². The van der Waals surface area contributed by atoms with Crippen molar-refractivity contribution in [2.24, 2.45) is 0 Å². The number of carbonyl (C=O) groups excluding carboxylic acids is 1. The Labute approximate surface area is 113 Å². The smallest absolute Gasteiger partial charge is 0.343 e. The Morgan fingerprint density at radius 2 is 2.25 bits per heavy atom. The van der Waals surface area contributed by atoms with Crippen LogP contribution in [0, 0.1) is 0 Å². The van der Waals surface area contributed by atoms with E-state index in [2.05, 4.69) is 14.9 Å². The lowest BCUT2D eigenvalue weighted by atomic mass is 9.97. The quantitative estimate of drug-likeness (QED) is 0.842. The zero-order valence-electron chi connectivity index (χ0n) is 11.0. The van der Waals surface area contributed by atoms with E-state index in [-0.39, 0.29) is 17.7 Å². The maximum atomic E-state index is 14.1. The van der Waals surface area contributed by atoms with Crippen LogP contribution in [0.15, 0.2) is 29.1 Å². The highest BCUT2D eigenvalue weighted by molar-refractivity contribution is 5.89. The van der Waals surface area contributed by atoms with Gasteiger partial charge in [0.25, 0.3) is 5.56 Å². The molecule has 1 atom stereocenters. The lowest BCUT2D eigenvalue weighted by molar-refractivity contribution is -0.0748. The zero-order valence-corrected chi connectivity index (χ0v) is 11.0. The lowest BCUT2D eigenvalue weighted by Crippen LogP contribution is -2.26. The van der Waals surface area contributed by atoms with Gasteiger partial charge in [-0.05, 0) is 17.7 Å². The van der Waals surface area contributed by atoms with Crippen molar-refractivity contribution < 1.29 is 18.7 Å². The first kappa shape index (κ1) is 14.1. The summed E-state index contributed by atoms with van der Waals surface area (Å²) in [5.41, 5.74) is -0.0627. The van der Waals surface area contributed by atoms with Crippen LogP contribution < -0.4 is 5.56 Å². The Morgan fingerprint density at radius 1 is 1.50 bits per heavy atom. The summed E-state index contributed by atoms with van der Waals surface area (Å²) in [7, 11) is 2.43. The highest BCUT2D eigenvalue weighted by Crippen LogP contribution is 2.32. The number of aromatic nitrogens is 2. The number of rotatable bonds is 3. The predicted octanol–water partition coefficient (Wildman–Crippen LogP) is 1.21. The Bertz CT molecular complexity index is 650. The van der Waals surface area contributed by atoms with Crippen LogP contribution >= 0.6 is 0 Å². The third-order valence-electron chi connectivity index (χ3n) is 2.95. The number of alkyl halides is 1. The predicted molar refractivity (Wildman–Crippen MR) is 68.8 cm³/mol. The fraction of sp³-hybridized carbons (Fsp3) is 0.308. The van der Waals surface area contributed by atoms with E-state index < -0.39 is 17.4 Å². The molecule has 1 heterocycles. The lowest BCUT2D eigenvalue weighted by Gasteiger charge is -2.23. The molecule has 0 amide bonds. The van der Waals surface area contributed by atoms with E-state index in [4.69, 9.17) is 4.74 Å². The summed E-state index contributed by atoms with van der Waals surface area (Å²) in [6, 6.07) is 1.27. The van der Waals surface area contributed by atoms with Gasteiger partial charge >= 0.3 is 5.97 Å². The third kappa shape index (κ3) is 2.67. The van der Waals surface area contributed by atoms with Crippen molar-refractivity contribution in [3.8, 4) is 0 Å². The average molecular weight is 280 g/mol. The minimum absolute atomic E-state index is 0.0698. The van der Waals surface area contributed by atoms with Crippen molar-refractivity contribution in [1.82, 2.24) is 10.2 Å². The van der Waals surface area contributed by atoms with Crippen LogP contribution in [-0.2, 0) is 9.47 Å². The molecule has 2 rings (SSSR count). The number of nitrogens with one attached hydrogen (secondary N) is 1. The van der Waals surface area contributed by atoms with Gasteiger partial charge in [-0.3, -0.25) is 4.79 Å². The van der Waals surface area contributed by atoms with Crippen LogP contribution in [0.5, 0.6) is 0 Å². The number of H-pyrrole nitrogens is 1. The molecule has 1 unspecified atom stereocenters. The Hall–Kier alpha value is -2.28. The molecule has 6 nitrogen and oxygen atoms in total. The standard InChI is InChI=1S/C13H13FN2O4/c1-19-12(18)9-6-10(15-16-11(9)17)8-4-3-5-13(14,7-8)20-2/h3-6H,7H2,1-2H3,(H,16,17). The highest BCUT2D eigenvalue weighted by Gasteiger charge is 2.30. The largest absolute Gasteiger partial charge is 0.465 e. The first-order chi connectivity index (χ1) is 9.49. The van der Waals surface area contributed by atoms with Crippen molar-refractivity contribution in [3.05, 3.63) is 45.9 Å². The second-order valence-corrected chi connectivity index (χ2v) is 4.21. The van der Waals surface area contributed by atoms with Gasteiger partial charge < -0.3 is 9.47 Å². The number of methoxy groups -OCH3 is 2. The minimum Gasteiger partial charge on any atom is -0.465 e. The molecule has 1 aromatic heterocycles. The maximum Gasteiger partial charge on any atom is 0.343 e. The molecule has 20 heavy (non-hydrogen) atoms. The van der Waals surface area contributed by atoms with E-state index in [0.29, 0.717) is 5.57 Å². The topological polar surface area (TPSA) is 81.3 Å². The van der Waals surface area contributed by atoms with Crippen molar-refractivity contribution in [2.45, 2.75) is 12.3 Å². The summed E-state index contributed by atoms with van der Waals surface area (Å²) in [6.07, 6.45) is 4.34. The van der Waals surface area contributed by atoms with Gasteiger partial charge in [0, 0.05) is 13.5 Å². The molecule has 1 aromatic rings. The SMILES string of the molecule is COC(=O)c1cc(C2=CC=CC(F)(OC)C2)n[nH]c1=O. The van der Waals surface area contributed by atoms with E-state index in [1.165, 1.54) is 32.4 Å². The number of aromatic amines is 1. The highest BCUT2D eigenvalue weighted by atomic mass is 19.2. The Balaban J connectivity index is 2.40. The summed E-state index contributed by atoms with van der Waals surface area (Å²) < 4.78 is 23.4. The van der Waals surface area contributed by atoms with E-state index >= 15 is 0 Å². The van der Waals surface area contributed by atoms with Gasteiger partial charge in [0.2, 0.25) is 5.85 Å². The molecule has 0 radical (unpaired) electrons. The van der Waals surface area contributed by atoms with E-state index in [0.717, 1.165) is 0 Å². The van der Waals surface area contributed by atoms with E-state index in [1.54, 1.807) is 6.08 Å². The minimum atomic E-state index is -1.92. The average Bonchev–Trinajstić information content (AvgIpc) is 2.47. The van der Waals surface area contributed by atoms with Crippen LogP contribution in [0.4, 0.5) is 4.39 Å². The molecule has 0 saturated heterocycles. The summed E-state index contributed by atoms with van der Waals surface area (Å²) in [5.74, 6) is -2.70. The number of ether oxygens (including phenoxy) is 2. The van der Waals surface area contributed by atoms with Gasteiger partial charge in [-0.2, -0.15) is 5.10 Å². The number of nitrogens with zero attached hydrogens (tertiary/aromatic N) is 1. The van der Waals surface area contributed by atoms with Crippen LogP contribution in [0.25, 0.3) is 5.57 Å². The van der Waals surface area contributed by atoms with Gasteiger partial charge in [0.1, 0.15) is 5.56 Å². The van der Waals surface area contributed by atoms with Crippen LogP contribution in [0.3, 0.4) is 0 Å². The van der Waals surface area contributed by atoms with Gasteiger partial charge in [0.05, 0.1) is 12.8 Å². The second kappa shape index (κ2) is 5.38. The summed E-state index contributed by atoms with van der Waals surface area (Å²) in [4.78, 5) is 22.9. The van der Waals surface area contributed by atoms with Crippen molar-refractivity contribution in [2.75, 3.05) is 14.2 Å². The normalized spacial score (nSPS) is 21.4. The molecular formula is C13H13FN2O4. The van der Waals surface area contributed by atoms with Gasteiger partial charge in [-0.15, -0.1) is 0 Å². The number of esters is 1. The first-order valence-corrected chi connectivity index (χ1v) is 5.80. The number of hydrogen-bond donors (Lipinski definition) is 1. The fourth-order valence-electron chi connectivity index (χ4n) is 1.83. The molecule has 1 aliphatic rings. The Morgan fingerprint density at radius 3 is 2.90 bits per heavy atom. The van der Waals surface area contributed by atoms with Crippen LogP contribution in [-0.4, -0.2) is 36.2 Å². The number of allylic oxidation sites excluding steroid dienone is 2. The van der Waals surface area contributed by atoms with Crippen molar-refractivity contribution in [3.63, 3.8) is 0 Å². The first-order valence-electron chi connectivity index (χ1n) is 5.80. The summed E-state index contributed by atoms with van der Waals surface area (Å²) in [5, 5.41) is 6.00. The zero-order chi connectivity index (χ0) is 14.8. The molecule has 7 heteroatoms. The number of carbonyl (C=O) groups is 1.